The number of hydrogen-bond donors (Lipinski definition) is 1. The Morgan fingerprint density at radius 1 is 1.25 bits per heavy atom. The van der Waals surface area contributed by atoms with Gasteiger partial charge in [-0.25, -0.2) is 9.18 Å². The first-order valence-electron chi connectivity index (χ1n) is 5.89. The average molecular weight is 276 g/mol. The number of carboxylic acids is 1. The smallest absolute Gasteiger partial charge is 0.339 e. The molecule has 5 heteroatoms. The number of para-hydroxylation sites is 1. The highest BCUT2D eigenvalue weighted by atomic mass is 19.1. The van der Waals surface area contributed by atoms with E-state index in [9.17, 15) is 9.18 Å². The number of carboxylic acid groups (broad SMARTS) is 1. The number of hydrogen-bond acceptors (Lipinski definition) is 3. The van der Waals surface area contributed by atoms with Crippen LogP contribution in [0.5, 0.6) is 11.5 Å². The Bertz CT molecular complexity index is 625. The number of methoxy groups -OCH3 is 1. The van der Waals surface area contributed by atoms with Gasteiger partial charge in [0.15, 0.2) is 0 Å². The van der Waals surface area contributed by atoms with Crippen molar-refractivity contribution in [3.8, 4) is 11.5 Å². The highest BCUT2D eigenvalue weighted by Crippen LogP contribution is 2.21. The van der Waals surface area contributed by atoms with E-state index in [0.717, 1.165) is 0 Å². The largest absolute Gasteiger partial charge is 0.497 e. The quantitative estimate of drug-likeness (QED) is 0.911. The predicted molar refractivity (Wildman–Crippen MR) is 70.7 cm³/mol. The summed E-state index contributed by atoms with van der Waals surface area (Å²) < 4.78 is 24.0. The fourth-order valence-electron chi connectivity index (χ4n) is 1.70. The fourth-order valence-corrected chi connectivity index (χ4v) is 1.70. The molecular weight excluding hydrogens is 263 g/mol. The summed E-state index contributed by atoms with van der Waals surface area (Å²) in [6.07, 6.45) is 0. The first-order chi connectivity index (χ1) is 9.61. The molecule has 2 aromatic rings. The Kier molecular flexibility index (Phi) is 4.20. The third-order valence-corrected chi connectivity index (χ3v) is 2.76. The molecule has 0 atom stereocenters. The van der Waals surface area contributed by atoms with Gasteiger partial charge in [-0.05, 0) is 24.3 Å². The van der Waals surface area contributed by atoms with Crippen LogP contribution in [0, 0.1) is 5.82 Å². The first-order valence-corrected chi connectivity index (χ1v) is 5.89. The predicted octanol–water partition coefficient (Wildman–Crippen LogP) is 3.11. The highest BCUT2D eigenvalue weighted by molar-refractivity contribution is 5.90. The highest BCUT2D eigenvalue weighted by Gasteiger charge is 2.11. The zero-order valence-corrected chi connectivity index (χ0v) is 10.8. The summed E-state index contributed by atoms with van der Waals surface area (Å²) in [7, 11) is 1.45. The lowest BCUT2D eigenvalue weighted by atomic mass is 10.2. The SMILES string of the molecule is COc1ccc(COc2ccccc2C(=O)O)c(F)c1. The van der Waals surface area contributed by atoms with E-state index in [0.29, 0.717) is 11.3 Å². The molecule has 104 valence electrons. The molecule has 0 saturated heterocycles. The summed E-state index contributed by atoms with van der Waals surface area (Å²) in [6, 6.07) is 10.6. The third-order valence-electron chi connectivity index (χ3n) is 2.76. The maximum Gasteiger partial charge on any atom is 0.339 e. The molecule has 20 heavy (non-hydrogen) atoms. The Morgan fingerprint density at radius 2 is 2.00 bits per heavy atom. The molecule has 2 aromatic carbocycles. The maximum absolute atomic E-state index is 13.7. The average Bonchev–Trinajstić information content (AvgIpc) is 2.46. The van der Waals surface area contributed by atoms with Crippen molar-refractivity contribution >= 4 is 5.97 Å². The molecule has 0 aliphatic heterocycles. The van der Waals surface area contributed by atoms with Gasteiger partial charge in [0, 0.05) is 11.6 Å². The lowest BCUT2D eigenvalue weighted by Crippen LogP contribution is -2.04. The van der Waals surface area contributed by atoms with Crippen LogP contribution in [0.3, 0.4) is 0 Å². The molecule has 0 bridgehead atoms. The minimum Gasteiger partial charge on any atom is -0.497 e. The van der Waals surface area contributed by atoms with Gasteiger partial charge < -0.3 is 14.6 Å². The van der Waals surface area contributed by atoms with Gasteiger partial charge in [0.25, 0.3) is 0 Å². The molecule has 0 amide bonds. The van der Waals surface area contributed by atoms with E-state index >= 15 is 0 Å². The number of halogens is 1. The molecule has 1 N–H and O–H groups in total. The molecule has 0 heterocycles. The minimum absolute atomic E-state index is 0.0430. The molecule has 0 fully saturated rings. The van der Waals surface area contributed by atoms with Crippen LogP contribution in [-0.4, -0.2) is 18.2 Å². The van der Waals surface area contributed by atoms with Crippen LogP contribution < -0.4 is 9.47 Å². The molecular formula is C15H13FO4. The van der Waals surface area contributed by atoms with Gasteiger partial charge in [0.2, 0.25) is 0 Å². The van der Waals surface area contributed by atoms with E-state index in [-0.39, 0.29) is 17.9 Å². The van der Waals surface area contributed by atoms with Crippen molar-refractivity contribution < 1.29 is 23.8 Å². The summed E-state index contributed by atoms with van der Waals surface area (Å²) in [5.74, 6) is -0.930. The Morgan fingerprint density at radius 3 is 2.65 bits per heavy atom. The van der Waals surface area contributed by atoms with Crippen LogP contribution in [0.1, 0.15) is 15.9 Å². The normalized spacial score (nSPS) is 10.1. The maximum atomic E-state index is 13.7. The number of ether oxygens (including phenoxy) is 2. The van der Waals surface area contributed by atoms with E-state index in [2.05, 4.69) is 0 Å². The van der Waals surface area contributed by atoms with Crippen molar-refractivity contribution in [2.45, 2.75) is 6.61 Å². The van der Waals surface area contributed by atoms with Crippen LogP contribution in [-0.2, 0) is 6.61 Å². The molecule has 4 nitrogen and oxygen atoms in total. The monoisotopic (exact) mass is 276 g/mol. The van der Waals surface area contributed by atoms with Crippen LogP contribution in [0.2, 0.25) is 0 Å². The second-order valence-corrected chi connectivity index (χ2v) is 4.05. The van der Waals surface area contributed by atoms with Crippen LogP contribution >= 0.6 is 0 Å². The molecule has 0 aromatic heterocycles. The minimum atomic E-state index is -1.09. The third kappa shape index (κ3) is 3.06. The molecule has 0 spiro atoms. The molecule has 0 radical (unpaired) electrons. The van der Waals surface area contributed by atoms with E-state index in [1.165, 1.54) is 31.4 Å². The second kappa shape index (κ2) is 6.06. The number of carbonyl (C=O) groups is 1. The lowest BCUT2D eigenvalue weighted by Gasteiger charge is -2.10. The van der Waals surface area contributed by atoms with Crippen molar-refractivity contribution in [2.75, 3.05) is 7.11 Å². The van der Waals surface area contributed by atoms with Crippen molar-refractivity contribution in [2.24, 2.45) is 0 Å². The number of aromatic carboxylic acids is 1. The van der Waals surface area contributed by atoms with Crippen molar-refractivity contribution in [1.82, 2.24) is 0 Å². The van der Waals surface area contributed by atoms with Gasteiger partial charge in [-0.1, -0.05) is 12.1 Å². The zero-order chi connectivity index (χ0) is 14.5. The lowest BCUT2D eigenvalue weighted by molar-refractivity contribution is 0.0691. The van der Waals surface area contributed by atoms with E-state index in [1.54, 1.807) is 18.2 Å². The fraction of sp³-hybridized carbons (Fsp3) is 0.133. The Balaban J connectivity index is 2.15. The molecule has 0 aliphatic carbocycles. The summed E-state index contributed by atoms with van der Waals surface area (Å²) in [4.78, 5) is 11.0. The molecule has 0 aliphatic rings. The van der Waals surface area contributed by atoms with Crippen molar-refractivity contribution in [1.29, 1.82) is 0 Å². The summed E-state index contributed by atoms with van der Waals surface area (Å²) in [5.41, 5.74) is 0.368. The van der Waals surface area contributed by atoms with Crippen LogP contribution in [0.4, 0.5) is 4.39 Å². The van der Waals surface area contributed by atoms with Gasteiger partial charge >= 0.3 is 5.97 Å². The number of rotatable bonds is 5. The standard InChI is InChI=1S/C15H13FO4/c1-19-11-7-6-10(13(16)8-11)9-20-14-5-3-2-4-12(14)15(17)18/h2-8H,9H2,1H3,(H,17,18). The zero-order valence-electron chi connectivity index (χ0n) is 10.8. The molecule has 0 saturated carbocycles. The van der Waals surface area contributed by atoms with E-state index in [4.69, 9.17) is 14.6 Å². The van der Waals surface area contributed by atoms with Crippen LogP contribution in [0.15, 0.2) is 42.5 Å². The van der Waals surface area contributed by atoms with Gasteiger partial charge in [0.1, 0.15) is 29.5 Å². The van der Waals surface area contributed by atoms with Gasteiger partial charge in [-0.15, -0.1) is 0 Å². The Hall–Kier alpha value is -2.56. The first kappa shape index (κ1) is 13.9. The Labute approximate surface area is 115 Å². The summed E-state index contributed by atoms with van der Waals surface area (Å²) in [6.45, 7) is -0.0554. The van der Waals surface area contributed by atoms with Gasteiger partial charge in [0.05, 0.1) is 7.11 Å². The van der Waals surface area contributed by atoms with Gasteiger partial charge in [-0.3, -0.25) is 0 Å². The molecule has 0 unspecified atom stereocenters. The topological polar surface area (TPSA) is 55.8 Å². The second-order valence-electron chi connectivity index (χ2n) is 4.05. The van der Waals surface area contributed by atoms with Crippen molar-refractivity contribution in [3.05, 3.63) is 59.4 Å². The summed E-state index contributed by atoms with van der Waals surface area (Å²) >= 11 is 0. The van der Waals surface area contributed by atoms with Crippen molar-refractivity contribution in [3.63, 3.8) is 0 Å². The summed E-state index contributed by atoms with van der Waals surface area (Å²) in [5, 5.41) is 9.02. The van der Waals surface area contributed by atoms with E-state index < -0.39 is 11.8 Å². The van der Waals surface area contributed by atoms with E-state index in [1.807, 2.05) is 0 Å². The van der Waals surface area contributed by atoms with Crippen LogP contribution in [0.25, 0.3) is 0 Å². The molecule has 2 rings (SSSR count). The van der Waals surface area contributed by atoms with Gasteiger partial charge in [-0.2, -0.15) is 0 Å². The number of benzene rings is 2.